The van der Waals surface area contributed by atoms with E-state index in [9.17, 15) is 0 Å². The van der Waals surface area contributed by atoms with Crippen molar-refractivity contribution in [3.8, 4) is 5.75 Å². The topological polar surface area (TPSA) is 53.1 Å². The minimum atomic E-state index is 0.628. The van der Waals surface area contributed by atoms with E-state index in [0.717, 1.165) is 24.5 Å². The van der Waals surface area contributed by atoms with E-state index in [1.165, 1.54) is 0 Å². The fourth-order valence-corrected chi connectivity index (χ4v) is 1.69. The molecule has 2 aromatic rings. The Labute approximate surface area is 101 Å². The maximum absolute atomic E-state index is 5.63. The number of imidazole rings is 1. The van der Waals surface area contributed by atoms with Gasteiger partial charge in [0, 0.05) is 31.9 Å². The Bertz CT molecular complexity index is 439. The number of nitrogens with zero attached hydrogens (tertiary/aromatic N) is 2. The summed E-state index contributed by atoms with van der Waals surface area (Å²) in [5.41, 5.74) is 5.53. The van der Waals surface area contributed by atoms with Crippen molar-refractivity contribution in [3.05, 3.63) is 48.5 Å². The highest BCUT2D eigenvalue weighted by atomic mass is 16.5. The molecule has 0 aliphatic heterocycles. The summed E-state index contributed by atoms with van der Waals surface area (Å²) < 4.78 is 7.69. The van der Waals surface area contributed by atoms with Crippen LogP contribution in [0.25, 0.3) is 0 Å². The SMILES string of the molecule is NCCn1ccnc1CCOc1ccccc1. The summed E-state index contributed by atoms with van der Waals surface area (Å²) in [5.74, 6) is 1.91. The molecular formula is C13H17N3O. The number of hydrogen-bond acceptors (Lipinski definition) is 3. The molecule has 0 aliphatic rings. The third-order valence-electron chi connectivity index (χ3n) is 2.51. The van der Waals surface area contributed by atoms with Crippen molar-refractivity contribution in [2.75, 3.05) is 13.2 Å². The average molecular weight is 231 g/mol. The fraction of sp³-hybridized carbons (Fsp3) is 0.308. The van der Waals surface area contributed by atoms with E-state index in [4.69, 9.17) is 10.5 Å². The van der Waals surface area contributed by atoms with Crippen molar-refractivity contribution in [2.24, 2.45) is 5.73 Å². The Hall–Kier alpha value is -1.81. The molecule has 17 heavy (non-hydrogen) atoms. The number of aromatic nitrogens is 2. The van der Waals surface area contributed by atoms with E-state index in [0.29, 0.717) is 13.2 Å². The van der Waals surface area contributed by atoms with Crippen LogP contribution < -0.4 is 10.5 Å². The summed E-state index contributed by atoms with van der Waals surface area (Å²) in [5, 5.41) is 0. The quantitative estimate of drug-likeness (QED) is 0.819. The minimum Gasteiger partial charge on any atom is -0.493 e. The molecule has 4 nitrogen and oxygen atoms in total. The molecule has 1 aromatic carbocycles. The molecule has 0 atom stereocenters. The van der Waals surface area contributed by atoms with Gasteiger partial charge in [-0.2, -0.15) is 0 Å². The Morgan fingerprint density at radius 3 is 2.82 bits per heavy atom. The molecule has 90 valence electrons. The molecule has 4 heteroatoms. The Kier molecular flexibility index (Phi) is 4.16. The zero-order valence-electron chi connectivity index (χ0n) is 9.75. The third-order valence-corrected chi connectivity index (χ3v) is 2.51. The smallest absolute Gasteiger partial charge is 0.119 e. The zero-order chi connectivity index (χ0) is 11.9. The largest absolute Gasteiger partial charge is 0.493 e. The Balaban J connectivity index is 1.84. The van der Waals surface area contributed by atoms with Gasteiger partial charge in [-0.15, -0.1) is 0 Å². The first-order valence-corrected chi connectivity index (χ1v) is 5.78. The lowest BCUT2D eigenvalue weighted by Crippen LogP contribution is -2.14. The van der Waals surface area contributed by atoms with Crippen molar-refractivity contribution in [1.82, 2.24) is 9.55 Å². The predicted octanol–water partition coefficient (Wildman–Crippen LogP) is 1.46. The monoisotopic (exact) mass is 231 g/mol. The number of rotatable bonds is 6. The van der Waals surface area contributed by atoms with Crippen LogP contribution in [0.2, 0.25) is 0 Å². The van der Waals surface area contributed by atoms with Crippen molar-refractivity contribution >= 4 is 0 Å². The van der Waals surface area contributed by atoms with E-state index in [1.54, 1.807) is 6.20 Å². The molecule has 1 heterocycles. The van der Waals surface area contributed by atoms with Gasteiger partial charge in [0.25, 0.3) is 0 Å². The highest BCUT2D eigenvalue weighted by molar-refractivity contribution is 5.20. The van der Waals surface area contributed by atoms with Gasteiger partial charge in [0.2, 0.25) is 0 Å². The summed E-state index contributed by atoms with van der Waals surface area (Å²) in [6, 6.07) is 9.80. The molecule has 2 rings (SSSR count). The minimum absolute atomic E-state index is 0.628. The zero-order valence-corrected chi connectivity index (χ0v) is 9.75. The van der Waals surface area contributed by atoms with Gasteiger partial charge in [0.15, 0.2) is 0 Å². The molecular weight excluding hydrogens is 214 g/mol. The highest BCUT2D eigenvalue weighted by Gasteiger charge is 2.02. The first-order chi connectivity index (χ1) is 8.40. The normalized spacial score (nSPS) is 10.4. The fourth-order valence-electron chi connectivity index (χ4n) is 1.69. The lowest BCUT2D eigenvalue weighted by atomic mass is 10.3. The maximum atomic E-state index is 5.63. The van der Waals surface area contributed by atoms with E-state index in [2.05, 4.69) is 9.55 Å². The Morgan fingerprint density at radius 1 is 1.24 bits per heavy atom. The van der Waals surface area contributed by atoms with E-state index < -0.39 is 0 Å². The second-order valence-electron chi connectivity index (χ2n) is 3.74. The second-order valence-corrected chi connectivity index (χ2v) is 3.74. The molecule has 0 spiro atoms. The molecule has 0 aliphatic carbocycles. The lowest BCUT2D eigenvalue weighted by molar-refractivity contribution is 0.316. The summed E-state index contributed by atoms with van der Waals surface area (Å²) in [6.45, 7) is 2.06. The van der Waals surface area contributed by atoms with Crippen LogP contribution in [0.3, 0.4) is 0 Å². The molecule has 0 saturated carbocycles. The number of nitrogens with two attached hydrogens (primary N) is 1. The second kappa shape index (κ2) is 6.06. The number of benzene rings is 1. The van der Waals surface area contributed by atoms with Crippen LogP contribution in [0.15, 0.2) is 42.7 Å². The van der Waals surface area contributed by atoms with Crippen LogP contribution in [-0.2, 0) is 13.0 Å². The predicted molar refractivity (Wildman–Crippen MR) is 66.9 cm³/mol. The third kappa shape index (κ3) is 3.32. The van der Waals surface area contributed by atoms with Crippen molar-refractivity contribution < 1.29 is 4.74 Å². The molecule has 0 fully saturated rings. The average Bonchev–Trinajstić information content (AvgIpc) is 2.79. The standard InChI is InChI=1S/C13H17N3O/c14-7-9-16-10-8-15-13(16)6-11-17-12-4-2-1-3-5-12/h1-5,8,10H,6-7,9,11,14H2. The first kappa shape index (κ1) is 11.7. The van der Waals surface area contributed by atoms with Gasteiger partial charge in [0.05, 0.1) is 6.61 Å². The Morgan fingerprint density at radius 2 is 2.06 bits per heavy atom. The van der Waals surface area contributed by atoms with Crippen LogP contribution in [0, 0.1) is 0 Å². The van der Waals surface area contributed by atoms with Crippen molar-refractivity contribution in [2.45, 2.75) is 13.0 Å². The lowest BCUT2D eigenvalue weighted by Gasteiger charge is -2.07. The molecule has 0 amide bonds. The summed E-state index contributed by atoms with van der Waals surface area (Å²) in [6.07, 6.45) is 4.54. The summed E-state index contributed by atoms with van der Waals surface area (Å²) >= 11 is 0. The van der Waals surface area contributed by atoms with Gasteiger partial charge in [-0.05, 0) is 12.1 Å². The van der Waals surface area contributed by atoms with Crippen LogP contribution in [-0.4, -0.2) is 22.7 Å². The van der Waals surface area contributed by atoms with Gasteiger partial charge in [-0.1, -0.05) is 18.2 Å². The number of para-hydroxylation sites is 1. The van der Waals surface area contributed by atoms with Crippen LogP contribution in [0.4, 0.5) is 0 Å². The van der Waals surface area contributed by atoms with Gasteiger partial charge in [-0.3, -0.25) is 0 Å². The van der Waals surface area contributed by atoms with Gasteiger partial charge < -0.3 is 15.0 Å². The number of ether oxygens (including phenoxy) is 1. The van der Waals surface area contributed by atoms with E-state index in [-0.39, 0.29) is 0 Å². The van der Waals surface area contributed by atoms with Gasteiger partial charge >= 0.3 is 0 Å². The molecule has 0 saturated heterocycles. The maximum Gasteiger partial charge on any atom is 0.119 e. The molecule has 1 aromatic heterocycles. The van der Waals surface area contributed by atoms with E-state index in [1.807, 2.05) is 36.5 Å². The van der Waals surface area contributed by atoms with Crippen molar-refractivity contribution in [1.29, 1.82) is 0 Å². The van der Waals surface area contributed by atoms with Gasteiger partial charge in [-0.25, -0.2) is 4.98 Å². The number of hydrogen-bond donors (Lipinski definition) is 1. The highest BCUT2D eigenvalue weighted by Crippen LogP contribution is 2.08. The van der Waals surface area contributed by atoms with Crippen LogP contribution >= 0.6 is 0 Å². The molecule has 0 radical (unpaired) electrons. The summed E-state index contributed by atoms with van der Waals surface area (Å²) in [7, 11) is 0. The van der Waals surface area contributed by atoms with E-state index >= 15 is 0 Å². The molecule has 0 unspecified atom stereocenters. The molecule has 0 bridgehead atoms. The van der Waals surface area contributed by atoms with Crippen LogP contribution in [0.5, 0.6) is 5.75 Å². The molecule has 2 N–H and O–H groups in total. The van der Waals surface area contributed by atoms with Crippen LogP contribution in [0.1, 0.15) is 5.82 Å². The first-order valence-electron chi connectivity index (χ1n) is 5.78. The van der Waals surface area contributed by atoms with Crippen molar-refractivity contribution in [3.63, 3.8) is 0 Å². The summed E-state index contributed by atoms with van der Waals surface area (Å²) in [4.78, 5) is 4.29. The van der Waals surface area contributed by atoms with Gasteiger partial charge in [0.1, 0.15) is 11.6 Å².